The molecule has 0 amide bonds. The van der Waals surface area contributed by atoms with Gasteiger partial charge in [0.25, 0.3) is 0 Å². The van der Waals surface area contributed by atoms with E-state index in [1.165, 1.54) is 64.2 Å². The van der Waals surface area contributed by atoms with Crippen LogP contribution in [0.4, 0.5) is 0 Å². The van der Waals surface area contributed by atoms with Crippen molar-refractivity contribution in [2.75, 3.05) is 6.61 Å². The standard InChI is InChI=1S/C23H42O2Se/c1-3-5-6-7-8-9-10-11-12-13-14-15-16-17-18-19-21-25-22(20-4-2)23(24)26/h8-9,11-12,22H,3-7,10,13-21H2,1-2H3,(H,24,26)/b9-8-,12-11-. The zero-order chi connectivity index (χ0) is 19.3. The summed E-state index contributed by atoms with van der Waals surface area (Å²) < 4.78 is 6.03. The van der Waals surface area contributed by atoms with Crippen LogP contribution in [0.5, 0.6) is 0 Å². The average Bonchev–Trinajstić information content (AvgIpc) is 2.63. The molecule has 1 unspecified atom stereocenters. The minimum atomic E-state index is -0.113. The van der Waals surface area contributed by atoms with E-state index in [1.54, 1.807) is 0 Å². The van der Waals surface area contributed by atoms with Crippen molar-refractivity contribution in [2.24, 2.45) is 0 Å². The van der Waals surface area contributed by atoms with E-state index in [0.29, 0.717) is 4.60 Å². The summed E-state index contributed by atoms with van der Waals surface area (Å²) in [4.78, 5) is 0. The van der Waals surface area contributed by atoms with Crippen LogP contribution in [0.25, 0.3) is 0 Å². The molecule has 0 radical (unpaired) electrons. The minimum absolute atomic E-state index is 0.113. The van der Waals surface area contributed by atoms with Crippen LogP contribution < -0.4 is 0 Å². The number of hydrogen-bond donors (Lipinski definition) is 1. The number of ether oxygens (including phenoxy) is 1. The fourth-order valence-corrected chi connectivity index (χ4v) is 3.25. The molecule has 1 atom stereocenters. The first-order valence-corrected chi connectivity index (χ1v) is 11.7. The van der Waals surface area contributed by atoms with Gasteiger partial charge in [0.2, 0.25) is 0 Å². The van der Waals surface area contributed by atoms with Crippen LogP contribution in [-0.2, 0) is 4.74 Å². The molecule has 0 heterocycles. The van der Waals surface area contributed by atoms with Crippen molar-refractivity contribution in [3.8, 4) is 0 Å². The van der Waals surface area contributed by atoms with Gasteiger partial charge in [0, 0.05) is 0 Å². The molecule has 0 bridgehead atoms. The van der Waals surface area contributed by atoms with Gasteiger partial charge in [-0.2, -0.15) is 0 Å². The number of unbranched alkanes of at least 4 members (excludes halogenated alkanes) is 9. The summed E-state index contributed by atoms with van der Waals surface area (Å²) in [5.41, 5.74) is 0. The first-order valence-electron chi connectivity index (χ1n) is 10.9. The van der Waals surface area contributed by atoms with Gasteiger partial charge in [-0.3, -0.25) is 0 Å². The Morgan fingerprint density at radius 1 is 0.808 bits per heavy atom. The second-order valence-corrected chi connectivity index (χ2v) is 7.95. The van der Waals surface area contributed by atoms with E-state index < -0.39 is 0 Å². The zero-order valence-electron chi connectivity index (χ0n) is 17.3. The predicted octanol–water partition coefficient (Wildman–Crippen LogP) is 6.66. The van der Waals surface area contributed by atoms with E-state index >= 15 is 0 Å². The van der Waals surface area contributed by atoms with Gasteiger partial charge in [0.1, 0.15) is 0 Å². The summed E-state index contributed by atoms with van der Waals surface area (Å²) in [5.74, 6) is 0. The Labute approximate surface area is 170 Å². The van der Waals surface area contributed by atoms with E-state index in [4.69, 9.17) is 4.74 Å². The quantitative estimate of drug-likeness (QED) is 0.141. The molecule has 2 nitrogen and oxygen atoms in total. The molecular weight excluding hydrogens is 387 g/mol. The van der Waals surface area contributed by atoms with Crippen LogP contribution >= 0.6 is 0 Å². The summed E-state index contributed by atoms with van der Waals surface area (Å²) in [5, 5.41) is 9.51. The SMILES string of the molecule is CCCCC/C=C\C/C=C\CCCCCCCCOC(CCC)C(O)=[Se]. The fraction of sp³-hybridized carbons (Fsp3) is 0.783. The molecule has 152 valence electrons. The first-order chi connectivity index (χ1) is 12.7. The third-order valence-corrected chi connectivity index (χ3v) is 5.04. The van der Waals surface area contributed by atoms with E-state index in [0.717, 1.165) is 32.3 Å². The van der Waals surface area contributed by atoms with E-state index in [1.807, 2.05) is 0 Å². The van der Waals surface area contributed by atoms with Crippen molar-refractivity contribution >= 4 is 20.2 Å². The molecule has 1 N–H and O–H groups in total. The molecule has 0 aromatic rings. The van der Waals surface area contributed by atoms with Crippen LogP contribution in [0, 0.1) is 0 Å². The van der Waals surface area contributed by atoms with Crippen LogP contribution in [0.3, 0.4) is 0 Å². The molecule has 0 spiro atoms. The van der Waals surface area contributed by atoms with Gasteiger partial charge < -0.3 is 0 Å². The van der Waals surface area contributed by atoms with Gasteiger partial charge in [-0.05, 0) is 19.3 Å². The molecule has 0 fully saturated rings. The van der Waals surface area contributed by atoms with Crippen molar-refractivity contribution < 1.29 is 9.84 Å². The summed E-state index contributed by atoms with van der Waals surface area (Å²) in [6.45, 7) is 5.12. The van der Waals surface area contributed by atoms with Crippen molar-refractivity contribution in [2.45, 2.75) is 110 Å². The van der Waals surface area contributed by atoms with Gasteiger partial charge in [0.05, 0.1) is 0 Å². The van der Waals surface area contributed by atoms with Gasteiger partial charge in [-0.15, -0.1) is 0 Å². The second-order valence-electron chi connectivity index (χ2n) is 7.07. The first kappa shape index (κ1) is 25.6. The Kier molecular flexibility index (Phi) is 20.6. The number of aliphatic hydroxyl groups is 1. The van der Waals surface area contributed by atoms with Gasteiger partial charge in [0.15, 0.2) is 0 Å². The van der Waals surface area contributed by atoms with E-state index in [9.17, 15) is 5.11 Å². The molecule has 0 aromatic heterocycles. The maximum absolute atomic E-state index is 9.51. The topological polar surface area (TPSA) is 29.5 Å². The molecular formula is C23H42O2Se. The van der Waals surface area contributed by atoms with Crippen LogP contribution in [0.2, 0.25) is 0 Å². The molecule has 0 saturated heterocycles. The Morgan fingerprint density at radius 3 is 1.96 bits per heavy atom. The summed E-state index contributed by atoms with van der Waals surface area (Å²) >= 11 is 2.67. The van der Waals surface area contributed by atoms with E-state index in [2.05, 4.69) is 53.7 Å². The van der Waals surface area contributed by atoms with Gasteiger partial charge >= 0.3 is 114 Å². The number of rotatable bonds is 19. The van der Waals surface area contributed by atoms with Crippen LogP contribution in [0.1, 0.15) is 104 Å². The monoisotopic (exact) mass is 430 g/mol. The molecule has 0 aliphatic carbocycles. The molecule has 0 saturated carbocycles. The van der Waals surface area contributed by atoms with Gasteiger partial charge in [-0.25, -0.2) is 0 Å². The molecule has 0 aliphatic rings. The maximum atomic E-state index is 9.51. The number of aliphatic hydroxyl groups excluding tert-OH is 1. The average molecular weight is 430 g/mol. The van der Waals surface area contributed by atoms with Crippen molar-refractivity contribution in [1.29, 1.82) is 0 Å². The Balaban J connectivity index is 3.33. The number of hydrogen-bond acceptors (Lipinski definition) is 2. The second kappa shape index (κ2) is 20.9. The fourth-order valence-electron chi connectivity index (χ4n) is 2.86. The predicted molar refractivity (Wildman–Crippen MR) is 117 cm³/mol. The van der Waals surface area contributed by atoms with Gasteiger partial charge in [-0.1, -0.05) is 38.0 Å². The van der Waals surface area contributed by atoms with E-state index in [-0.39, 0.29) is 6.10 Å². The molecule has 3 heteroatoms. The van der Waals surface area contributed by atoms with Crippen molar-refractivity contribution in [3.63, 3.8) is 0 Å². The Bertz CT molecular complexity index is 363. The summed E-state index contributed by atoms with van der Waals surface area (Å²) in [6.07, 6.45) is 26.2. The summed E-state index contributed by atoms with van der Waals surface area (Å²) in [6, 6.07) is 0. The Morgan fingerprint density at radius 2 is 1.38 bits per heavy atom. The zero-order valence-corrected chi connectivity index (χ0v) is 19.0. The molecule has 0 rings (SSSR count). The normalized spacial score (nSPS) is 13.0. The van der Waals surface area contributed by atoms with Crippen LogP contribution in [-0.4, -0.2) is 38.0 Å². The van der Waals surface area contributed by atoms with Crippen molar-refractivity contribution in [1.82, 2.24) is 0 Å². The third kappa shape index (κ3) is 18.4. The molecule has 26 heavy (non-hydrogen) atoms. The summed E-state index contributed by atoms with van der Waals surface area (Å²) in [7, 11) is 0. The van der Waals surface area contributed by atoms with Crippen molar-refractivity contribution in [3.05, 3.63) is 24.3 Å². The molecule has 0 aromatic carbocycles. The number of allylic oxidation sites excluding steroid dienone is 4. The Hall–Kier alpha value is -0.371. The third-order valence-electron chi connectivity index (χ3n) is 4.49. The molecule has 0 aliphatic heterocycles. The van der Waals surface area contributed by atoms with Crippen LogP contribution in [0.15, 0.2) is 24.3 Å².